The Balaban J connectivity index is 1.67. The van der Waals surface area contributed by atoms with E-state index in [2.05, 4.69) is 10.6 Å². The molecule has 3 aliphatic rings. The van der Waals surface area contributed by atoms with E-state index in [0.29, 0.717) is 12.5 Å². The lowest BCUT2D eigenvalue weighted by atomic mass is 9.67. The Hall–Kier alpha value is -1.10. The third-order valence-electron chi connectivity index (χ3n) is 6.16. The van der Waals surface area contributed by atoms with Crippen LogP contribution in [0.25, 0.3) is 0 Å². The molecule has 0 radical (unpaired) electrons. The van der Waals surface area contributed by atoms with E-state index >= 15 is 0 Å². The fourth-order valence-corrected chi connectivity index (χ4v) is 4.68. The van der Waals surface area contributed by atoms with Gasteiger partial charge in [-0.3, -0.25) is 9.59 Å². The number of nitrogens with two attached hydrogens (primary N) is 1. The smallest absolute Gasteiger partial charge is 0.227 e. The van der Waals surface area contributed by atoms with Crippen LogP contribution in [0.2, 0.25) is 0 Å². The van der Waals surface area contributed by atoms with Gasteiger partial charge in [0.25, 0.3) is 0 Å². The highest BCUT2D eigenvalue weighted by atomic mass is 16.2. The molecule has 3 rings (SSSR count). The van der Waals surface area contributed by atoms with Gasteiger partial charge in [0.1, 0.15) is 0 Å². The molecule has 4 N–H and O–H groups in total. The fourth-order valence-electron chi connectivity index (χ4n) is 4.68. The van der Waals surface area contributed by atoms with Crippen molar-refractivity contribution in [3.63, 3.8) is 0 Å². The first kappa shape index (κ1) is 14.8. The summed E-state index contributed by atoms with van der Waals surface area (Å²) in [6, 6.07) is 0. The normalized spacial score (nSPS) is 34.4. The summed E-state index contributed by atoms with van der Waals surface area (Å²) in [6.07, 6.45) is 8.18. The van der Waals surface area contributed by atoms with E-state index in [1.165, 1.54) is 6.42 Å². The van der Waals surface area contributed by atoms with Crippen LogP contribution in [0.4, 0.5) is 0 Å². The molecule has 21 heavy (non-hydrogen) atoms. The second-order valence-corrected chi connectivity index (χ2v) is 7.26. The van der Waals surface area contributed by atoms with Gasteiger partial charge in [-0.05, 0) is 38.1 Å². The van der Waals surface area contributed by atoms with Crippen LogP contribution in [0.3, 0.4) is 0 Å². The zero-order valence-corrected chi connectivity index (χ0v) is 12.7. The van der Waals surface area contributed by atoms with Crippen LogP contribution in [0.1, 0.15) is 51.4 Å². The molecule has 0 spiro atoms. The zero-order chi connectivity index (χ0) is 14.9. The maximum Gasteiger partial charge on any atom is 0.227 e. The Morgan fingerprint density at radius 1 is 1.14 bits per heavy atom. The monoisotopic (exact) mass is 293 g/mol. The second-order valence-electron chi connectivity index (χ2n) is 7.26. The van der Waals surface area contributed by atoms with E-state index in [9.17, 15) is 9.59 Å². The third-order valence-corrected chi connectivity index (χ3v) is 6.16. The van der Waals surface area contributed by atoms with Crippen molar-refractivity contribution in [3.8, 4) is 0 Å². The van der Waals surface area contributed by atoms with Gasteiger partial charge in [-0.2, -0.15) is 0 Å². The summed E-state index contributed by atoms with van der Waals surface area (Å²) in [5, 5.41) is 6.49. The van der Waals surface area contributed by atoms with Crippen molar-refractivity contribution in [2.45, 2.75) is 51.4 Å². The zero-order valence-electron chi connectivity index (χ0n) is 12.7. The molecule has 3 fully saturated rings. The first-order valence-corrected chi connectivity index (χ1v) is 8.38. The average molecular weight is 293 g/mol. The molecule has 2 aliphatic carbocycles. The molecule has 2 saturated carbocycles. The maximum absolute atomic E-state index is 12.8. The number of hydrogen-bond acceptors (Lipinski definition) is 3. The van der Waals surface area contributed by atoms with Crippen LogP contribution >= 0.6 is 0 Å². The molecule has 0 unspecified atom stereocenters. The van der Waals surface area contributed by atoms with Crippen molar-refractivity contribution in [2.75, 3.05) is 19.6 Å². The van der Waals surface area contributed by atoms with Crippen molar-refractivity contribution in [1.82, 2.24) is 10.6 Å². The molecule has 5 nitrogen and oxygen atoms in total. The minimum atomic E-state index is -0.498. The van der Waals surface area contributed by atoms with Gasteiger partial charge >= 0.3 is 0 Å². The number of nitrogens with one attached hydrogen (secondary N) is 2. The summed E-state index contributed by atoms with van der Waals surface area (Å²) in [5.74, 6) is 0.353. The lowest BCUT2D eigenvalue weighted by Crippen LogP contribution is -2.52. The number of rotatable bonds is 4. The molecule has 2 atom stereocenters. The molecule has 5 heteroatoms. The molecular formula is C16H27N3O2. The quantitative estimate of drug-likeness (QED) is 0.721. The van der Waals surface area contributed by atoms with Crippen molar-refractivity contribution in [1.29, 1.82) is 0 Å². The number of hydrogen-bond donors (Lipinski definition) is 3. The SMILES string of the molecule is NC(=O)C1(CNC(=O)[C@@]23CCCC[C@H]2CNC3)CCCC1. The summed E-state index contributed by atoms with van der Waals surface area (Å²) in [4.78, 5) is 24.6. The molecular weight excluding hydrogens is 266 g/mol. The van der Waals surface area contributed by atoms with E-state index in [0.717, 1.165) is 58.0 Å². The highest BCUT2D eigenvalue weighted by Crippen LogP contribution is 2.44. The summed E-state index contributed by atoms with van der Waals surface area (Å²) < 4.78 is 0. The Morgan fingerprint density at radius 3 is 2.57 bits per heavy atom. The van der Waals surface area contributed by atoms with Crippen LogP contribution in [-0.4, -0.2) is 31.4 Å². The summed E-state index contributed by atoms with van der Waals surface area (Å²) in [7, 11) is 0. The Bertz CT molecular complexity index is 431. The fraction of sp³-hybridized carbons (Fsp3) is 0.875. The van der Waals surface area contributed by atoms with Crippen LogP contribution in [0, 0.1) is 16.7 Å². The maximum atomic E-state index is 12.8. The predicted octanol–water partition coefficient (Wildman–Crippen LogP) is 0.928. The number of amides is 2. The van der Waals surface area contributed by atoms with Gasteiger partial charge in [-0.1, -0.05) is 25.7 Å². The summed E-state index contributed by atoms with van der Waals surface area (Å²) in [6.45, 7) is 2.16. The Labute approximate surface area is 126 Å². The molecule has 0 aromatic heterocycles. The van der Waals surface area contributed by atoms with Gasteiger partial charge in [0, 0.05) is 13.1 Å². The van der Waals surface area contributed by atoms with E-state index < -0.39 is 5.41 Å². The van der Waals surface area contributed by atoms with Gasteiger partial charge in [0.2, 0.25) is 11.8 Å². The first-order chi connectivity index (χ1) is 10.1. The van der Waals surface area contributed by atoms with Crippen LogP contribution in [-0.2, 0) is 9.59 Å². The molecule has 0 aromatic carbocycles. The topological polar surface area (TPSA) is 84.2 Å². The van der Waals surface area contributed by atoms with Gasteiger partial charge in [0.15, 0.2) is 0 Å². The predicted molar refractivity (Wildman–Crippen MR) is 80.4 cm³/mol. The van der Waals surface area contributed by atoms with Gasteiger partial charge in [-0.25, -0.2) is 0 Å². The van der Waals surface area contributed by atoms with Crippen molar-refractivity contribution in [2.24, 2.45) is 22.5 Å². The standard InChI is InChI=1S/C16H27N3O2/c17-13(20)15(6-3-4-7-15)10-19-14(21)16-8-2-1-5-12(16)9-18-11-16/h12,18H,1-11H2,(H2,17,20)(H,19,21)/t12-,16+/m0/s1. The highest BCUT2D eigenvalue weighted by Gasteiger charge is 2.50. The van der Waals surface area contributed by atoms with E-state index in [1.807, 2.05) is 0 Å². The van der Waals surface area contributed by atoms with Crippen LogP contribution < -0.4 is 16.4 Å². The highest BCUT2D eigenvalue weighted by molar-refractivity contribution is 5.86. The molecule has 0 aromatic rings. The van der Waals surface area contributed by atoms with Gasteiger partial charge < -0.3 is 16.4 Å². The number of carbonyl (C=O) groups is 2. The first-order valence-electron chi connectivity index (χ1n) is 8.38. The molecule has 118 valence electrons. The molecule has 1 saturated heterocycles. The van der Waals surface area contributed by atoms with E-state index in [-0.39, 0.29) is 17.2 Å². The molecule has 2 amide bonds. The second kappa shape index (κ2) is 5.59. The van der Waals surface area contributed by atoms with Crippen molar-refractivity contribution in [3.05, 3.63) is 0 Å². The molecule has 1 aliphatic heterocycles. The molecule has 1 heterocycles. The molecule has 0 bridgehead atoms. The number of primary amides is 1. The minimum Gasteiger partial charge on any atom is -0.369 e. The largest absolute Gasteiger partial charge is 0.369 e. The van der Waals surface area contributed by atoms with Crippen LogP contribution in [0.15, 0.2) is 0 Å². The third kappa shape index (κ3) is 2.45. The average Bonchev–Trinajstić information content (AvgIpc) is 3.12. The lowest BCUT2D eigenvalue weighted by molar-refractivity contribution is -0.135. The van der Waals surface area contributed by atoms with Gasteiger partial charge in [-0.15, -0.1) is 0 Å². The lowest BCUT2D eigenvalue weighted by Gasteiger charge is -2.38. The van der Waals surface area contributed by atoms with Gasteiger partial charge in [0.05, 0.1) is 10.8 Å². The van der Waals surface area contributed by atoms with E-state index in [1.54, 1.807) is 0 Å². The number of fused-ring (bicyclic) bond motifs is 1. The van der Waals surface area contributed by atoms with Crippen molar-refractivity contribution < 1.29 is 9.59 Å². The number of carbonyl (C=O) groups excluding carboxylic acids is 2. The Kier molecular flexibility index (Phi) is 3.95. The van der Waals surface area contributed by atoms with E-state index in [4.69, 9.17) is 5.73 Å². The Morgan fingerprint density at radius 2 is 1.86 bits per heavy atom. The van der Waals surface area contributed by atoms with Crippen LogP contribution in [0.5, 0.6) is 0 Å². The van der Waals surface area contributed by atoms with Crippen molar-refractivity contribution >= 4 is 11.8 Å². The minimum absolute atomic E-state index is 0.143. The summed E-state index contributed by atoms with van der Waals surface area (Å²) in [5.41, 5.74) is 4.86. The summed E-state index contributed by atoms with van der Waals surface area (Å²) >= 11 is 0.